The van der Waals surface area contributed by atoms with Gasteiger partial charge in [0.15, 0.2) is 0 Å². The third-order valence-electron chi connectivity index (χ3n) is 6.33. The van der Waals surface area contributed by atoms with Gasteiger partial charge in [0.2, 0.25) is 0 Å². The molecule has 2 aromatic carbocycles. The molecular weight excluding hydrogens is 490 g/mol. The number of rotatable bonds is 5. The molecular formula is C27H25N5O4S. The van der Waals surface area contributed by atoms with Gasteiger partial charge in [0, 0.05) is 54.7 Å². The highest BCUT2D eigenvalue weighted by Gasteiger charge is 2.31. The van der Waals surface area contributed by atoms with Crippen molar-refractivity contribution in [2.24, 2.45) is 0 Å². The Morgan fingerprint density at radius 1 is 0.865 bits per heavy atom. The van der Waals surface area contributed by atoms with Gasteiger partial charge in [-0.1, -0.05) is 24.3 Å². The Morgan fingerprint density at radius 3 is 2.35 bits per heavy atom. The number of nitrogens with zero attached hydrogens (tertiary/aromatic N) is 4. The van der Waals surface area contributed by atoms with Crippen LogP contribution in [0, 0.1) is 0 Å². The number of fused-ring (bicyclic) bond motifs is 1. The smallest absolute Gasteiger partial charge is 0.272 e. The van der Waals surface area contributed by atoms with Gasteiger partial charge in [-0.15, -0.1) is 0 Å². The highest BCUT2D eigenvalue weighted by atomic mass is 32.2. The van der Waals surface area contributed by atoms with E-state index in [4.69, 9.17) is 0 Å². The average molecular weight is 516 g/mol. The molecule has 10 heteroatoms. The molecule has 0 spiro atoms. The second kappa shape index (κ2) is 9.98. The highest BCUT2D eigenvalue weighted by Crippen LogP contribution is 2.24. The number of sulfonamides is 1. The van der Waals surface area contributed by atoms with Crippen LogP contribution in [0.5, 0.6) is 0 Å². The van der Waals surface area contributed by atoms with Gasteiger partial charge >= 0.3 is 0 Å². The van der Waals surface area contributed by atoms with Crippen LogP contribution in [0.1, 0.15) is 27.8 Å². The molecule has 0 aliphatic carbocycles. The molecule has 1 fully saturated rings. The summed E-state index contributed by atoms with van der Waals surface area (Å²) in [5.41, 5.74) is 1.54. The largest absolute Gasteiger partial charge is 0.333 e. The van der Waals surface area contributed by atoms with Crippen LogP contribution in [-0.4, -0.2) is 65.7 Å². The molecule has 5 rings (SSSR count). The van der Waals surface area contributed by atoms with Crippen LogP contribution < -0.4 is 4.72 Å². The maximum Gasteiger partial charge on any atom is 0.272 e. The Kier molecular flexibility index (Phi) is 6.58. The Morgan fingerprint density at radius 2 is 1.62 bits per heavy atom. The molecule has 0 saturated carbocycles. The number of pyridine rings is 2. The van der Waals surface area contributed by atoms with Crippen molar-refractivity contribution in [3.63, 3.8) is 0 Å². The van der Waals surface area contributed by atoms with E-state index in [1.54, 1.807) is 88.9 Å². The first-order valence-electron chi connectivity index (χ1n) is 11.8. The fourth-order valence-corrected chi connectivity index (χ4v) is 5.68. The zero-order valence-corrected chi connectivity index (χ0v) is 20.9. The van der Waals surface area contributed by atoms with Crippen LogP contribution in [0.3, 0.4) is 0 Å². The standard InChI is InChI=1S/C27H25N5O4S/c1-19-18-31(27(34)23-8-2-3-14-28-23)16-17-32(19)26(33)21-10-12-22(13-11-21)30-37(35,36)24-9-4-6-20-7-5-15-29-25(20)24/h2-15,19,30H,16-18H2,1H3. The lowest BCUT2D eigenvalue weighted by molar-refractivity contribution is 0.0411. The molecule has 1 unspecified atom stereocenters. The normalized spacial score (nSPS) is 16.0. The number of benzene rings is 2. The zero-order chi connectivity index (χ0) is 26.0. The number of carbonyl (C=O) groups excluding carboxylic acids is 2. The number of aromatic nitrogens is 2. The number of hydrogen-bond donors (Lipinski definition) is 1. The van der Waals surface area contributed by atoms with E-state index >= 15 is 0 Å². The van der Waals surface area contributed by atoms with Crippen LogP contribution in [0.25, 0.3) is 10.9 Å². The molecule has 1 aliphatic heterocycles. The van der Waals surface area contributed by atoms with Crippen LogP contribution in [0.15, 0.2) is 90.1 Å². The van der Waals surface area contributed by atoms with Gasteiger partial charge in [0.1, 0.15) is 10.6 Å². The second-order valence-corrected chi connectivity index (χ2v) is 10.5. The molecule has 1 saturated heterocycles. The lowest BCUT2D eigenvalue weighted by Gasteiger charge is -2.39. The summed E-state index contributed by atoms with van der Waals surface area (Å²) in [7, 11) is -3.89. The maximum absolute atomic E-state index is 13.2. The van der Waals surface area contributed by atoms with E-state index in [1.165, 1.54) is 6.07 Å². The lowest BCUT2D eigenvalue weighted by atomic mass is 10.1. The number of piperazine rings is 1. The molecule has 2 amide bonds. The first-order valence-corrected chi connectivity index (χ1v) is 13.3. The summed E-state index contributed by atoms with van der Waals surface area (Å²) in [6, 6.07) is 19.9. The van der Waals surface area contributed by atoms with Gasteiger partial charge in [-0.2, -0.15) is 0 Å². The van der Waals surface area contributed by atoms with Crippen molar-refractivity contribution in [1.29, 1.82) is 0 Å². The number of amides is 2. The van der Waals surface area contributed by atoms with Crippen LogP contribution >= 0.6 is 0 Å². The minimum absolute atomic E-state index is 0.0812. The summed E-state index contributed by atoms with van der Waals surface area (Å²) in [4.78, 5) is 37.8. The van der Waals surface area contributed by atoms with Gasteiger partial charge in [-0.25, -0.2) is 8.42 Å². The molecule has 3 heterocycles. The summed E-state index contributed by atoms with van der Waals surface area (Å²) < 4.78 is 28.7. The third kappa shape index (κ3) is 5.01. The fraction of sp³-hybridized carbons (Fsp3) is 0.185. The fourth-order valence-electron chi connectivity index (χ4n) is 4.44. The molecule has 188 valence electrons. The van der Waals surface area contributed by atoms with Crippen molar-refractivity contribution in [3.8, 4) is 0 Å². The zero-order valence-electron chi connectivity index (χ0n) is 20.1. The van der Waals surface area contributed by atoms with E-state index in [1.807, 2.05) is 6.92 Å². The van der Waals surface area contributed by atoms with Crippen LogP contribution in [0.2, 0.25) is 0 Å². The van der Waals surface area contributed by atoms with Crippen molar-refractivity contribution >= 4 is 38.4 Å². The van der Waals surface area contributed by atoms with Crippen molar-refractivity contribution in [1.82, 2.24) is 19.8 Å². The molecule has 9 nitrogen and oxygen atoms in total. The topological polar surface area (TPSA) is 113 Å². The molecule has 4 aromatic rings. The maximum atomic E-state index is 13.2. The van der Waals surface area contributed by atoms with E-state index in [-0.39, 0.29) is 22.8 Å². The number of carbonyl (C=O) groups is 2. The van der Waals surface area contributed by atoms with E-state index in [2.05, 4.69) is 14.7 Å². The molecule has 1 atom stereocenters. The predicted molar refractivity (Wildman–Crippen MR) is 140 cm³/mol. The molecule has 0 radical (unpaired) electrons. The Labute approximate surface area is 214 Å². The van der Waals surface area contributed by atoms with Crippen LogP contribution in [-0.2, 0) is 10.0 Å². The number of para-hydroxylation sites is 1. The molecule has 0 bridgehead atoms. The quantitative estimate of drug-likeness (QED) is 0.436. The number of nitrogens with one attached hydrogen (secondary N) is 1. The third-order valence-corrected chi connectivity index (χ3v) is 7.74. The first-order chi connectivity index (χ1) is 17.8. The van der Waals surface area contributed by atoms with Gasteiger partial charge in [-0.05, 0) is 55.5 Å². The monoisotopic (exact) mass is 515 g/mol. The molecule has 1 N–H and O–H groups in total. The number of anilines is 1. The van der Waals surface area contributed by atoms with E-state index in [0.29, 0.717) is 42.1 Å². The minimum Gasteiger partial charge on any atom is -0.333 e. The second-order valence-electron chi connectivity index (χ2n) is 8.83. The van der Waals surface area contributed by atoms with Crippen molar-refractivity contribution in [2.75, 3.05) is 24.4 Å². The summed E-state index contributed by atoms with van der Waals surface area (Å²) >= 11 is 0. The lowest BCUT2D eigenvalue weighted by Crippen LogP contribution is -2.55. The molecule has 2 aromatic heterocycles. The van der Waals surface area contributed by atoms with E-state index < -0.39 is 10.0 Å². The minimum atomic E-state index is -3.89. The van der Waals surface area contributed by atoms with Gasteiger partial charge in [0.25, 0.3) is 21.8 Å². The van der Waals surface area contributed by atoms with E-state index in [9.17, 15) is 18.0 Å². The molecule has 1 aliphatic rings. The Balaban J connectivity index is 1.26. The Hall–Kier alpha value is -4.31. The van der Waals surface area contributed by atoms with Crippen molar-refractivity contribution in [3.05, 3.63) is 96.4 Å². The number of hydrogen-bond acceptors (Lipinski definition) is 6. The summed E-state index contributed by atoms with van der Waals surface area (Å²) in [5, 5.41) is 0.724. The summed E-state index contributed by atoms with van der Waals surface area (Å²) in [5.74, 6) is -0.331. The SMILES string of the molecule is CC1CN(C(=O)c2ccccn2)CCN1C(=O)c1ccc(NS(=O)(=O)c2cccc3cccnc23)cc1. The van der Waals surface area contributed by atoms with Gasteiger partial charge in [-0.3, -0.25) is 24.3 Å². The van der Waals surface area contributed by atoms with Crippen molar-refractivity contribution in [2.45, 2.75) is 17.9 Å². The van der Waals surface area contributed by atoms with Crippen LogP contribution in [0.4, 0.5) is 5.69 Å². The summed E-state index contributed by atoms with van der Waals surface area (Å²) in [6.45, 7) is 3.10. The van der Waals surface area contributed by atoms with E-state index in [0.717, 1.165) is 5.39 Å². The highest BCUT2D eigenvalue weighted by molar-refractivity contribution is 7.93. The first kappa shape index (κ1) is 24.4. The summed E-state index contributed by atoms with van der Waals surface area (Å²) in [6.07, 6.45) is 3.14. The molecule has 37 heavy (non-hydrogen) atoms. The predicted octanol–water partition coefficient (Wildman–Crippen LogP) is 3.42. The Bertz CT molecular complexity index is 1550. The van der Waals surface area contributed by atoms with Crippen molar-refractivity contribution < 1.29 is 18.0 Å². The average Bonchev–Trinajstić information content (AvgIpc) is 2.92. The van der Waals surface area contributed by atoms with Gasteiger partial charge < -0.3 is 9.80 Å². The van der Waals surface area contributed by atoms with Gasteiger partial charge in [0.05, 0.1) is 5.52 Å².